The highest BCUT2D eigenvalue weighted by Gasteiger charge is 2.16. The number of nitrogens with zero attached hydrogens (tertiary/aromatic N) is 3. The van der Waals surface area contributed by atoms with Crippen molar-refractivity contribution in [2.75, 3.05) is 11.9 Å². The van der Waals surface area contributed by atoms with Crippen LogP contribution in [0.1, 0.15) is 20.8 Å². The van der Waals surface area contributed by atoms with Crippen LogP contribution >= 0.6 is 0 Å². The van der Waals surface area contributed by atoms with Gasteiger partial charge in [-0.25, -0.2) is 4.68 Å². The van der Waals surface area contributed by atoms with Gasteiger partial charge in [0.1, 0.15) is 0 Å². The smallest absolute Gasteiger partial charge is 0.336 e. The van der Waals surface area contributed by atoms with Crippen LogP contribution < -0.4 is 10.1 Å². The molecule has 0 saturated heterocycles. The molecule has 1 aromatic carbocycles. The standard InChI is InChI=1S/C18H20N4O3/c1-4-24-18-20-16(15-6-5-11-25-15)22(21-18)14-9-7-13(8-10-14)19-17(23)12(2)3/h5-12H,4H2,1-3H3,(H,19,23). The summed E-state index contributed by atoms with van der Waals surface area (Å²) in [6, 6.07) is 11.2. The number of nitrogens with one attached hydrogen (secondary N) is 1. The van der Waals surface area contributed by atoms with Crippen molar-refractivity contribution in [3.05, 3.63) is 42.7 Å². The highest BCUT2D eigenvalue weighted by molar-refractivity contribution is 5.92. The van der Waals surface area contributed by atoms with E-state index in [2.05, 4.69) is 15.4 Å². The van der Waals surface area contributed by atoms with Gasteiger partial charge in [0.25, 0.3) is 0 Å². The van der Waals surface area contributed by atoms with Gasteiger partial charge in [-0.15, -0.1) is 5.10 Å². The third kappa shape index (κ3) is 3.71. The fraction of sp³-hybridized carbons (Fsp3) is 0.278. The van der Waals surface area contributed by atoms with Gasteiger partial charge in [0.05, 0.1) is 18.6 Å². The number of aromatic nitrogens is 3. The molecule has 0 spiro atoms. The number of anilines is 1. The number of carbonyl (C=O) groups excluding carboxylic acids is 1. The van der Waals surface area contributed by atoms with E-state index in [1.807, 2.05) is 51.1 Å². The Balaban J connectivity index is 1.92. The van der Waals surface area contributed by atoms with Crippen molar-refractivity contribution < 1.29 is 13.9 Å². The molecule has 2 heterocycles. The van der Waals surface area contributed by atoms with Crippen molar-refractivity contribution in [2.45, 2.75) is 20.8 Å². The van der Waals surface area contributed by atoms with E-state index in [0.717, 1.165) is 11.4 Å². The second-order valence-electron chi connectivity index (χ2n) is 5.73. The van der Waals surface area contributed by atoms with Crippen LogP contribution in [-0.2, 0) is 4.79 Å². The highest BCUT2D eigenvalue weighted by atomic mass is 16.5. The van der Waals surface area contributed by atoms with Crippen LogP contribution in [0.4, 0.5) is 5.69 Å². The number of carbonyl (C=O) groups is 1. The number of hydrogen-bond donors (Lipinski definition) is 1. The molecule has 0 fully saturated rings. The topological polar surface area (TPSA) is 82.2 Å². The number of benzene rings is 1. The Labute approximate surface area is 145 Å². The van der Waals surface area contributed by atoms with Crippen LogP contribution in [0.25, 0.3) is 17.3 Å². The average Bonchev–Trinajstić information content (AvgIpc) is 3.25. The van der Waals surface area contributed by atoms with Crippen LogP contribution in [0, 0.1) is 5.92 Å². The van der Waals surface area contributed by atoms with E-state index in [4.69, 9.17) is 9.15 Å². The molecule has 0 atom stereocenters. The lowest BCUT2D eigenvalue weighted by Crippen LogP contribution is -2.17. The Morgan fingerprint density at radius 2 is 2.04 bits per heavy atom. The van der Waals surface area contributed by atoms with Crippen molar-refractivity contribution in [1.29, 1.82) is 0 Å². The quantitative estimate of drug-likeness (QED) is 0.742. The van der Waals surface area contributed by atoms with Crippen LogP contribution in [0.3, 0.4) is 0 Å². The number of hydrogen-bond acceptors (Lipinski definition) is 5. The van der Waals surface area contributed by atoms with Gasteiger partial charge in [-0.2, -0.15) is 4.98 Å². The predicted molar refractivity (Wildman–Crippen MR) is 93.7 cm³/mol. The van der Waals surface area contributed by atoms with E-state index in [0.29, 0.717) is 18.2 Å². The molecule has 0 aliphatic carbocycles. The van der Waals surface area contributed by atoms with E-state index < -0.39 is 0 Å². The van der Waals surface area contributed by atoms with Crippen molar-refractivity contribution >= 4 is 11.6 Å². The van der Waals surface area contributed by atoms with Crippen molar-refractivity contribution in [3.63, 3.8) is 0 Å². The number of amides is 1. The fourth-order valence-electron chi connectivity index (χ4n) is 2.20. The summed E-state index contributed by atoms with van der Waals surface area (Å²) in [5, 5.41) is 7.24. The largest absolute Gasteiger partial charge is 0.463 e. The summed E-state index contributed by atoms with van der Waals surface area (Å²) in [7, 11) is 0. The molecule has 3 rings (SSSR count). The first-order valence-corrected chi connectivity index (χ1v) is 8.13. The molecule has 0 radical (unpaired) electrons. The molecule has 0 aliphatic rings. The first-order chi connectivity index (χ1) is 12.1. The summed E-state index contributed by atoms with van der Waals surface area (Å²) in [5.41, 5.74) is 1.51. The zero-order valence-corrected chi connectivity index (χ0v) is 14.4. The molecule has 7 heteroatoms. The van der Waals surface area contributed by atoms with Crippen LogP contribution in [-0.4, -0.2) is 27.3 Å². The van der Waals surface area contributed by atoms with E-state index in [1.165, 1.54) is 0 Å². The number of ether oxygens (including phenoxy) is 1. The second-order valence-corrected chi connectivity index (χ2v) is 5.73. The third-order valence-corrected chi connectivity index (χ3v) is 3.51. The third-order valence-electron chi connectivity index (χ3n) is 3.51. The molecule has 3 aromatic rings. The van der Waals surface area contributed by atoms with Crippen molar-refractivity contribution in [3.8, 4) is 23.3 Å². The maximum Gasteiger partial charge on any atom is 0.336 e. The van der Waals surface area contributed by atoms with Crippen LogP contribution in [0.2, 0.25) is 0 Å². The molecule has 0 bridgehead atoms. The van der Waals surface area contributed by atoms with Gasteiger partial charge < -0.3 is 14.5 Å². The maximum atomic E-state index is 11.8. The Morgan fingerprint density at radius 1 is 1.28 bits per heavy atom. The predicted octanol–water partition coefficient (Wildman–Crippen LogP) is 3.52. The minimum atomic E-state index is -0.0747. The molecular formula is C18H20N4O3. The van der Waals surface area contributed by atoms with Crippen molar-refractivity contribution in [2.24, 2.45) is 5.92 Å². The molecule has 1 amide bonds. The minimum absolute atomic E-state index is 0.0246. The second kappa shape index (κ2) is 7.21. The molecule has 130 valence electrons. The molecule has 2 aromatic heterocycles. The zero-order valence-electron chi connectivity index (χ0n) is 14.4. The summed E-state index contributed by atoms with van der Waals surface area (Å²) in [6.45, 7) is 6.05. The zero-order chi connectivity index (χ0) is 17.8. The molecular weight excluding hydrogens is 320 g/mol. The van der Waals surface area contributed by atoms with Crippen LogP contribution in [0.15, 0.2) is 47.1 Å². The monoisotopic (exact) mass is 340 g/mol. The minimum Gasteiger partial charge on any atom is -0.463 e. The van der Waals surface area contributed by atoms with E-state index in [-0.39, 0.29) is 17.8 Å². The summed E-state index contributed by atoms with van der Waals surface area (Å²) < 4.78 is 12.5. The lowest BCUT2D eigenvalue weighted by Gasteiger charge is -2.09. The Morgan fingerprint density at radius 3 is 2.64 bits per heavy atom. The summed E-state index contributed by atoms with van der Waals surface area (Å²) in [6.07, 6.45) is 1.58. The fourth-order valence-corrected chi connectivity index (χ4v) is 2.20. The molecule has 0 aliphatic heterocycles. The van der Waals surface area contributed by atoms with Gasteiger partial charge in [-0.05, 0) is 43.3 Å². The van der Waals surface area contributed by atoms with Gasteiger partial charge in [-0.3, -0.25) is 4.79 Å². The Hall–Kier alpha value is -3.09. The van der Waals surface area contributed by atoms with Crippen LogP contribution in [0.5, 0.6) is 6.01 Å². The SMILES string of the molecule is CCOc1nc(-c2ccco2)n(-c2ccc(NC(=O)C(C)C)cc2)n1. The number of rotatable bonds is 6. The summed E-state index contributed by atoms with van der Waals surface area (Å²) in [5.74, 6) is 1.04. The Bertz CT molecular complexity index is 836. The summed E-state index contributed by atoms with van der Waals surface area (Å²) >= 11 is 0. The molecule has 0 saturated carbocycles. The number of furan rings is 1. The molecule has 1 N–H and O–H groups in total. The van der Waals surface area contributed by atoms with Crippen molar-refractivity contribution in [1.82, 2.24) is 14.8 Å². The lowest BCUT2D eigenvalue weighted by molar-refractivity contribution is -0.118. The van der Waals surface area contributed by atoms with Gasteiger partial charge >= 0.3 is 6.01 Å². The van der Waals surface area contributed by atoms with E-state index >= 15 is 0 Å². The summed E-state index contributed by atoms with van der Waals surface area (Å²) in [4.78, 5) is 16.2. The molecule has 0 unspecified atom stereocenters. The molecule has 7 nitrogen and oxygen atoms in total. The highest BCUT2D eigenvalue weighted by Crippen LogP contribution is 2.24. The average molecular weight is 340 g/mol. The lowest BCUT2D eigenvalue weighted by atomic mass is 10.2. The van der Waals surface area contributed by atoms with E-state index in [9.17, 15) is 4.79 Å². The maximum absolute atomic E-state index is 11.8. The van der Waals surface area contributed by atoms with Gasteiger partial charge in [-0.1, -0.05) is 13.8 Å². The normalized spacial score (nSPS) is 10.9. The molecule has 25 heavy (non-hydrogen) atoms. The Kier molecular flexibility index (Phi) is 4.83. The van der Waals surface area contributed by atoms with Gasteiger partial charge in [0, 0.05) is 11.6 Å². The van der Waals surface area contributed by atoms with Gasteiger partial charge in [0.15, 0.2) is 5.76 Å². The first-order valence-electron chi connectivity index (χ1n) is 8.13. The first kappa shape index (κ1) is 16.8. The van der Waals surface area contributed by atoms with E-state index in [1.54, 1.807) is 17.0 Å². The van der Waals surface area contributed by atoms with Gasteiger partial charge in [0.2, 0.25) is 11.7 Å².